The van der Waals surface area contributed by atoms with Gasteiger partial charge >= 0.3 is 0 Å². The van der Waals surface area contributed by atoms with Crippen molar-refractivity contribution < 1.29 is 4.43 Å². The summed E-state index contributed by atoms with van der Waals surface area (Å²) in [7, 11) is -1.71. The predicted octanol–water partition coefficient (Wildman–Crippen LogP) is 2.35. The van der Waals surface area contributed by atoms with Gasteiger partial charge in [0.25, 0.3) is 7.63 Å². The second-order valence-corrected chi connectivity index (χ2v) is 7.96. The van der Waals surface area contributed by atoms with Crippen LogP contribution in [0, 0.1) is 0 Å². The summed E-state index contributed by atoms with van der Waals surface area (Å²) in [6.07, 6.45) is 1.06. The lowest BCUT2D eigenvalue weighted by Crippen LogP contribution is -2.22. The van der Waals surface area contributed by atoms with Gasteiger partial charge in [0, 0.05) is 6.61 Å². The number of halogens is 1. The Morgan fingerprint density at radius 3 is 2.12 bits per heavy atom. The second-order valence-electron chi connectivity index (χ2n) is 2.21. The minimum Gasteiger partial charge on any atom is -0.403 e. The van der Waals surface area contributed by atoms with E-state index in [4.69, 9.17) is 15.5 Å². The molecule has 0 saturated carbocycles. The van der Waals surface area contributed by atoms with Gasteiger partial charge < -0.3 is 4.43 Å². The molecule has 8 heavy (non-hydrogen) atoms. The largest absolute Gasteiger partial charge is 0.403 e. The lowest BCUT2D eigenvalue weighted by Gasteiger charge is -2.12. The van der Waals surface area contributed by atoms with Gasteiger partial charge in [-0.15, -0.1) is 11.1 Å². The molecule has 3 heteroatoms. The van der Waals surface area contributed by atoms with Crippen LogP contribution in [0.4, 0.5) is 0 Å². The molecule has 0 N–H and O–H groups in total. The van der Waals surface area contributed by atoms with Crippen molar-refractivity contribution in [3.8, 4) is 0 Å². The molecule has 0 radical (unpaired) electrons. The number of rotatable bonds is 3. The van der Waals surface area contributed by atoms with Crippen molar-refractivity contribution in [1.82, 2.24) is 0 Å². The SMILES string of the molecule is CCCO[Si](C)(C)Cl. The molecule has 0 amide bonds. The van der Waals surface area contributed by atoms with Crippen molar-refractivity contribution in [2.45, 2.75) is 26.4 Å². The molecule has 0 heterocycles. The van der Waals surface area contributed by atoms with Crippen LogP contribution in [0.3, 0.4) is 0 Å². The van der Waals surface area contributed by atoms with Crippen molar-refractivity contribution in [2.24, 2.45) is 0 Å². The molecule has 0 aromatic rings. The van der Waals surface area contributed by atoms with E-state index < -0.39 is 7.63 Å². The van der Waals surface area contributed by atoms with Crippen molar-refractivity contribution in [2.75, 3.05) is 6.61 Å². The van der Waals surface area contributed by atoms with E-state index >= 15 is 0 Å². The Balaban J connectivity index is 3.11. The summed E-state index contributed by atoms with van der Waals surface area (Å²) in [5, 5.41) is 0. The first kappa shape index (κ1) is 8.47. The Morgan fingerprint density at radius 1 is 1.50 bits per heavy atom. The summed E-state index contributed by atoms with van der Waals surface area (Å²) < 4.78 is 5.28. The third-order valence-electron chi connectivity index (χ3n) is 0.649. The fourth-order valence-electron chi connectivity index (χ4n) is 0.345. The standard InChI is InChI=1S/C5H13ClOSi/c1-4-5-7-8(2,3)6/h4-5H2,1-3H3. The Morgan fingerprint density at radius 2 is 2.00 bits per heavy atom. The summed E-state index contributed by atoms with van der Waals surface area (Å²) in [6, 6.07) is 0. The maximum absolute atomic E-state index is 5.83. The van der Waals surface area contributed by atoms with Crippen LogP contribution in [-0.4, -0.2) is 14.2 Å². The molecule has 0 aliphatic rings. The molecular formula is C5H13ClOSi. The molecule has 0 aliphatic carbocycles. The van der Waals surface area contributed by atoms with Gasteiger partial charge in [0.2, 0.25) is 0 Å². The molecule has 0 aromatic heterocycles. The molecule has 0 bridgehead atoms. The average molecular weight is 153 g/mol. The molecule has 0 spiro atoms. The van der Waals surface area contributed by atoms with Gasteiger partial charge in [-0.05, 0) is 19.5 Å². The minimum absolute atomic E-state index is 0.808. The fraction of sp³-hybridized carbons (Fsp3) is 1.00. The maximum Gasteiger partial charge on any atom is 0.283 e. The monoisotopic (exact) mass is 152 g/mol. The first-order chi connectivity index (χ1) is 3.56. The van der Waals surface area contributed by atoms with Crippen LogP contribution in [0.15, 0.2) is 0 Å². The lowest BCUT2D eigenvalue weighted by atomic mass is 10.5. The van der Waals surface area contributed by atoms with E-state index in [1.807, 2.05) is 13.1 Å². The van der Waals surface area contributed by atoms with Crippen molar-refractivity contribution in [3.63, 3.8) is 0 Å². The summed E-state index contributed by atoms with van der Waals surface area (Å²) in [4.78, 5) is 0. The highest BCUT2D eigenvalue weighted by molar-refractivity contribution is 7.15. The zero-order valence-corrected chi connectivity index (χ0v) is 7.46. The second kappa shape index (κ2) is 3.48. The highest BCUT2D eigenvalue weighted by Crippen LogP contribution is 2.08. The average Bonchev–Trinajstić information content (AvgIpc) is 1.59. The third-order valence-corrected chi connectivity index (χ3v) is 1.87. The zero-order valence-electron chi connectivity index (χ0n) is 5.70. The molecule has 0 rings (SSSR count). The van der Waals surface area contributed by atoms with Gasteiger partial charge in [-0.25, -0.2) is 0 Å². The van der Waals surface area contributed by atoms with Gasteiger partial charge in [0.1, 0.15) is 0 Å². The number of hydrogen-bond acceptors (Lipinski definition) is 1. The maximum atomic E-state index is 5.83. The molecule has 0 aliphatic heterocycles. The lowest BCUT2D eigenvalue weighted by molar-refractivity contribution is 0.320. The molecule has 0 aromatic carbocycles. The minimum atomic E-state index is -1.71. The Labute approximate surface area is 56.8 Å². The summed E-state index contributed by atoms with van der Waals surface area (Å²) >= 11 is 5.83. The van der Waals surface area contributed by atoms with Crippen LogP contribution < -0.4 is 0 Å². The van der Waals surface area contributed by atoms with Crippen LogP contribution in [0.25, 0.3) is 0 Å². The van der Waals surface area contributed by atoms with E-state index in [2.05, 4.69) is 6.92 Å². The van der Waals surface area contributed by atoms with E-state index in [9.17, 15) is 0 Å². The zero-order chi connectivity index (χ0) is 6.62. The summed E-state index contributed by atoms with van der Waals surface area (Å²) in [5.74, 6) is 0. The number of hydrogen-bond donors (Lipinski definition) is 0. The molecular weight excluding hydrogens is 140 g/mol. The quantitative estimate of drug-likeness (QED) is 0.446. The predicted molar refractivity (Wildman–Crippen MR) is 39.6 cm³/mol. The van der Waals surface area contributed by atoms with Gasteiger partial charge in [-0.2, -0.15) is 0 Å². The van der Waals surface area contributed by atoms with E-state index in [1.165, 1.54) is 0 Å². The van der Waals surface area contributed by atoms with E-state index in [0.29, 0.717) is 0 Å². The van der Waals surface area contributed by atoms with E-state index in [0.717, 1.165) is 13.0 Å². The Hall–Kier alpha value is 0.467. The van der Waals surface area contributed by atoms with E-state index in [-0.39, 0.29) is 0 Å². The van der Waals surface area contributed by atoms with Gasteiger partial charge in [-0.3, -0.25) is 0 Å². The van der Waals surface area contributed by atoms with Crippen LogP contribution in [0.1, 0.15) is 13.3 Å². The first-order valence-electron chi connectivity index (χ1n) is 2.89. The summed E-state index contributed by atoms with van der Waals surface area (Å²) in [5.41, 5.74) is 0. The smallest absolute Gasteiger partial charge is 0.283 e. The highest BCUT2D eigenvalue weighted by Gasteiger charge is 2.16. The molecule has 0 unspecified atom stereocenters. The van der Waals surface area contributed by atoms with Crippen LogP contribution in [0.5, 0.6) is 0 Å². The first-order valence-corrected chi connectivity index (χ1v) is 6.81. The molecule has 0 saturated heterocycles. The normalized spacial score (nSPS) is 12.0. The Bertz CT molecular complexity index is 59.9. The van der Waals surface area contributed by atoms with Gasteiger partial charge in [0.05, 0.1) is 0 Å². The van der Waals surface area contributed by atoms with Gasteiger partial charge in [0.15, 0.2) is 0 Å². The summed E-state index contributed by atoms with van der Waals surface area (Å²) in [6.45, 7) is 6.84. The van der Waals surface area contributed by atoms with Crippen LogP contribution in [-0.2, 0) is 4.43 Å². The van der Waals surface area contributed by atoms with Crippen molar-refractivity contribution >= 4 is 18.7 Å². The van der Waals surface area contributed by atoms with Crippen molar-refractivity contribution in [1.29, 1.82) is 0 Å². The fourth-order valence-corrected chi connectivity index (χ4v) is 1.27. The molecule has 0 atom stereocenters. The van der Waals surface area contributed by atoms with Crippen LogP contribution in [0.2, 0.25) is 13.1 Å². The van der Waals surface area contributed by atoms with Crippen molar-refractivity contribution in [3.05, 3.63) is 0 Å². The molecule has 0 fully saturated rings. The topological polar surface area (TPSA) is 9.23 Å². The van der Waals surface area contributed by atoms with Gasteiger partial charge in [-0.1, -0.05) is 6.92 Å². The molecule has 50 valence electrons. The van der Waals surface area contributed by atoms with E-state index in [1.54, 1.807) is 0 Å². The van der Waals surface area contributed by atoms with Crippen LogP contribution >= 0.6 is 11.1 Å². The molecule has 1 nitrogen and oxygen atoms in total. The Kier molecular flexibility index (Phi) is 3.69. The highest BCUT2D eigenvalue weighted by atomic mass is 35.6. The third kappa shape index (κ3) is 6.47.